The van der Waals surface area contributed by atoms with Crippen LogP contribution in [0.1, 0.15) is 12.5 Å². The van der Waals surface area contributed by atoms with E-state index < -0.39 is 11.8 Å². The molecule has 1 heterocycles. The number of hydrogen-bond acceptors (Lipinski definition) is 3. The minimum atomic E-state index is -0.821. The highest BCUT2D eigenvalue weighted by atomic mass is 16.6. The van der Waals surface area contributed by atoms with E-state index in [-0.39, 0.29) is 0 Å². The first-order valence-electron chi connectivity index (χ1n) is 4.38. The minimum Gasteiger partial charge on any atom is -0.416 e. The zero-order valence-electron chi connectivity index (χ0n) is 7.80. The number of carbonyl (C=O) groups excluding carboxylic acids is 1. The molecule has 0 bridgehead atoms. The van der Waals surface area contributed by atoms with Crippen molar-refractivity contribution in [2.45, 2.75) is 19.1 Å². The molecule has 4 heteroatoms. The van der Waals surface area contributed by atoms with Crippen LogP contribution >= 0.6 is 0 Å². The zero-order valence-corrected chi connectivity index (χ0v) is 7.80. The summed E-state index contributed by atoms with van der Waals surface area (Å²) >= 11 is 0. The normalized spacial score (nSPS) is 25.1. The van der Waals surface area contributed by atoms with Gasteiger partial charge < -0.3 is 4.74 Å². The third kappa shape index (κ3) is 1.79. The lowest BCUT2D eigenvalue weighted by Gasteiger charge is -2.17. The van der Waals surface area contributed by atoms with Gasteiger partial charge in [0.25, 0.3) is 0 Å². The summed E-state index contributed by atoms with van der Waals surface area (Å²) in [5.74, 6) is 0. The maximum atomic E-state index is 10.8. The minimum absolute atomic E-state index is 0.559. The number of nitrogens with zero attached hydrogens (tertiary/aromatic N) is 2. The second-order valence-corrected chi connectivity index (χ2v) is 3.41. The molecule has 0 aliphatic carbocycles. The Balaban J connectivity index is 2.12. The van der Waals surface area contributed by atoms with Crippen molar-refractivity contribution in [2.24, 2.45) is 10.2 Å². The van der Waals surface area contributed by atoms with E-state index in [9.17, 15) is 4.79 Å². The van der Waals surface area contributed by atoms with Gasteiger partial charge in [-0.05, 0) is 12.5 Å². The van der Waals surface area contributed by atoms with Crippen molar-refractivity contribution in [1.82, 2.24) is 0 Å². The van der Waals surface area contributed by atoms with Crippen LogP contribution in [0.4, 0.5) is 4.79 Å². The predicted molar refractivity (Wildman–Crippen MR) is 49.9 cm³/mol. The Bertz CT molecular complexity index is 375. The van der Waals surface area contributed by atoms with Crippen molar-refractivity contribution in [2.75, 3.05) is 0 Å². The monoisotopic (exact) mass is 190 g/mol. The van der Waals surface area contributed by atoms with Crippen molar-refractivity contribution in [3.8, 4) is 0 Å². The Kier molecular flexibility index (Phi) is 2.04. The molecule has 0 spiro atoms. The van der Waals surface area contributed by atoms with Crippen LogP contribution in [-0.2, 0) is 11.2 Å². The molecule has 1 atom stereocenters. The van der Waals surface area contributed by atoms with Gasteiger partial charge in [0, 0.05) is 6.42 Å². The average molecular weight is 190 g/mol. The molecule has 1 aliphatic rings. The van der Waals surface area contributed by atoms with Crippen LogP contribution in [0.5, 0.6) is 0 Å². The fourth-order valence-corrected chi connectivity index (χ4v) is 1.42. The highest BCUT2D eigenvalue weighted by Crippen LogP contribution is 2.24. The van der Waals surface area contributed by atoms with Crippen LogP contribution in [0.3, 0.4) is 0 Å². The Labute approximate surface area is 81.6 Å². The summed E-state index contributed by atoms with van der Waals surface area (Å²) in [7, 11) is 0. The summed E-state index contributed by atoms with van der Waals surface area (Å²) in [5, 5.41) is 7.15. The molecular weight excluding hydrogens is 180 g/mol. The van der Waals surface area contributed by atoms with Gasteiger partial charge in [0.2, 0.25) is 5.72 Å². The molecule has 0 N–H and O–H groups in total. The largest absolute Gasteiger partial charge is 0.454 e. The summed E-state index contributed by atoms with van der Waals surface area (Å²) < 4.78 is 4.98. The van der Waals surface area contributed by atoms with E-state index in [1.54, 1.807) is 6.92 Å². The number of ether oxygens (including phenoxy) is 1. The maximum Gasteiger partial charge on any atom is 0.454 e. The van der Waals surface area contributed by atoms with Crippen molar-refractivity contribution in [3.63, 3.8) is 0 Å². The van der Waals surface area contributed by atoms with E-state index in [0.29, 0.717) is 6.42 Å². The molecule has 1 aliphatic heterocycles. The molecule has 1 aromatic carbocycles. The van der Waals surface area contributed by atoms with Crippen LogP contribution in [0.2, 0.25) is 0 Å². The SMILES string of the molecule is CC1(Cc2ccccc2)N=NC(=O)O1. The summed E-state index contributed by atoms with van der Waals surface area (Å²) in [4.78, 5) is 10.8. The Morgan fingerprint density at radius 1 is 1.36 bits per heavy atom. The van der Waals surface area contributed by atoms with Crippen LogP contribution in [0, 0.1) is 0 Å². The fourth-order valence-electron chi connectivity index (χ4n) is 1.42. The van der Waals surface area contributed by atoms with E-state index in [2.05, 4.69) is 10.2 Å². The third-order valence-corrected chi connectivity index (χ3v) is 2.03. The molecule has 0 radical (unpaired) electrons. The molecule has 0 saturated heterocycles. The van der Waals surface area contributed by atoms with E-state index in [1.807, 2.05) is 30.3 Å². The summed E-state index contributed by atoms with van der Waals surface area (Å²) in [6, 6.07) is 9.74. The van der Waals surface area contributed by atoms with Gasteiger partial charge in [0.1, 0.15) is 0 Å². The highest BCUT2D eigenvalue weighted by Gasteiger charge is 2.34. The van der Waals surface area contributed by atoms with Crippen LogP contribution in [0.15, 0.2) is 40.6 Å². The fraction of sp³-hybridized carbons (Fsp3) is 0.300. The quantitative estimate of drug-likeness (QED) is 0.719. The van der Waals surface area contributed by atoms with Crippen molar-refractivity contribution in [3.05, 3.63) is 35.9 Å². The van der Waals surface area contributed by atoms with E-state index >= 15 is 0 Å². The summed E-state index contributed by atoms with van der Waals surface area (Å²) in [5.41, 5.74) is 0.252. The van der Waals surface area contributed by atoms with Crippen LogP contribution in [-0.4, -0.2) is 11.8 Å². The lowest BCUT2D eigenvalue weighted by molar-refractivity contribution is 0.0601. The zero-order chi connectivity index (χ0) is 10.0. The number of rotatable bonds is 2. The molecule has 0 fully saturated rings. The molecule has 0 aromatic heterocycles. The first-order chi connectivity index (χ1) is 6.68. The molecule has 1 unspecified atom stereocenters. The van der Waals surface area contributed by atoms with Gasteiger partial charge in [0.05, 0.1) is 0 Å². The van der Waals surface area contributed by atoms with E-state index in [1.165, 1.54) is 0 Å². The van der Waals surface area contributed by atoms with Crippen LogP contribution in [0.25, 0.3) is 0 Å². The van der Waals surface area contributed by atoms with Gasteiger partial charge in [-0.1, -0.05) is 35.4 Å². The first-order valence-corrected chi connectivity index (χ1v) is 4.38. The van der Waals surface area contributed by atoms with Crippen LogP contribution < -0.4 is 0 Å². The second kappa shape index (κ2) is 3.21. The van der Waals surface area contributed by atoms with E-state index in [4.69, 9.17) is 4.74 Å². The lowest BCUT2D eigenvalue weighted by atomic mass is 10.1. The van der Waals surface area contributed by atoms with Gasteiger partial charge in [-0.25, -0.2) is 4.79 Å². The predicted octanol–water partition coefficient (Wildman–Crippen LogP) is 2.55. The van der Waals surface area contributed by atoms with Crippen molar-refractivity contribution >= 4 is 6.09 Å². The molecule has 14 heavy (non-hydrogen) atoms. The molecule has 0 saturated carbocycles. The third-order valence-electron chi connectivity index (χ3n) is 2.03. The number of cyclic esters (lactones) is 1. The average Bonchev–Trinajstić information content (AvgIpc) is 2.47. The maximum absolute atomic E-state index is 10.8. The Hall–Kier alpha value is -1.71. The van der Waals surface area contributed by atoms with Gasteiger partial charge in [-0.2, -0.15) is 0 Å². The van der Waals surface area contributed by atoms with E-state index in [0.717, 1.165) is 5.56 Å². The molecule has 2 rings (SSSR count). The van der Waals surface area contributed by atoms with Gasteiger partial charge in [0.15, 0.2) is 0 Å². The molecule has 1 aromatic rings. The number of hydrogen-bond donors (Lipinski definition) is 0. The summed E-state index contributed by atoms with van der Waals surface area (Å²) in [6.07, 6.45) is -0.0493. The number of carbonyl (C=O) groups is 1. The van der Waals surface area contributed by atoms with Crippen molar-refractivity contribution < 1.29 is 9.53 Å². The number of benzene rings is 1. The Morgan fingerprint density at radius 3 is 2.64 bits per heavy atom. The number of amides is 1. The number of azo groups is 1. The lowest BCUT2D eigenvalue weighted by Crippen LogP contribution is -2.26. The Morgan fingerprint density at radius 2 is 2.07 bits per heavy atom. The van der Waals surface area contributed by atoms with Gasteiger partial charge in [-0.15, -0.1) is 5.11 Å². The van der Waals surface area contributed by atoms with Crippen molar-refractivity contribution in [1.29, 1.82) is 0 Å². The molecule has 1 amide bonds. The van der Waals surface area contributed by atoms with Gasteiger partial charge in [-0.3, -0.25) is 0 Å². The first kappa shape index (κ1) is 8.87. The van der Waals surface area contributed by atoms with Gasteiger partial charge >= 0.3 is 6.09 Å². The molecule has 4 nitrogen and oxygen atoms in total. The summed E-state index contributed by atoms with van der Waals surface area (Å²) in [6.45, 7) is 1.74. The molecule has 72 valence electrons. The highest BCUT2D eigenvalue weighted by molar-refractivity contribution is 5.69. The second-order valence-electron chi connectivity index (χ2n) is 3.41. The topological polar surface area (TPSA) is 51.0 Å². The smallest absolute Gasteiger partial charge is 0.416 e. The molecular formula is C10H10N2O2. The standard InChI is InChI=1S/C10H10N2O2/c1-10(12-11-9(13)14-10)7-8-5-3-2-4-6-8/h2-6H,7H2,1H3.